The van der Waals surface area contributed by atoms with E-state index in [1.54, 1.807) is 17.4 Å². The summed E-state index contributed by atoms with van der Waals surface area (Å²) < 4.78 is 4.84. The summed E-state index contributed by atoms with van der Waals surface area (Å²) in [6.45, 7) is 2.37. The number of imidazole rings is 1. The average molecular weight is 326 g/mol. The summed E-state index contributed by atoms with van der Waals surface area (Å²) in [7, 11) is 1.36. The molecule has 24 heavy (non-hydrogen) atoms. The Labute approximate surface area is 139 Å². The molecule has 2 heterocycles. The Hall–Kier alpha value is -2.83. The van der Waals surface area contributed by atoms with E-state index in [2.05, 4.69) is 15.3 Å². The van der Waals surface area contributed by atoms with Gasteiger partial charge in [0.1, 0.15) is 0 Å². The fourth-order valence-electron chi connectivity index (χ4n) is 3.71. The zero-order chi connectivity index (χ0) is 16.9. The number of carbonyl (C=O) groups excluding carboxylic acids is 2. The molecule has 0 radical (unpaired) electrons. The quantitative estimate of drug-likeness (QED) is 0.906. The number of aromatic amines is 1. The second-order valence-corrected chi connectivity index (χ2v) is 6.13. The van der Waals surface area contributed by atoms with Gasteiger partial charge >= 0.3 is 6.09 Å². The number of nitrogens with one attached hydrogen (secondary N) is 2. The fraction of sp³-hybridized carbons (Fsp3) is 0.353. The van der Waals surface area contributed by atoms with Crippen molar-refractivity contribution in [3.8, 4) is 0 Å². The number of nitrogens with zero attached hydrogens (tertiary/aromatic N) is 2. The molecule has 4 rings (SSSR count). The lowest BCUT2D eigenvalue weighted by Crippen LogP contribution is -2.30. The highest BCUT2D eigenvalue weighted by Crippen LogP contribution is 2.64. The van der Waals surface area contributed by atoms with Gasteiger partial charge in [0.25, 0.3) is 0 Å². The first-order valence-electron chi connectivity index (χ1n) is 7.91. The molecular formula is C17H18N4O3. The maximum absolute atomic E-state index is 12.6. The molecule has 7 nitrogen and oxygen atoms in total. The lowest BCUT2D eigenvalue weighted by atomic mass is 9.93. The zero-order valence-electron chi connectivity index (χ0n) is 13.5. The van der Waals surface area contributed by atoms with E-state index < -0.39 is 11.5 Å². The molecule has 0 saturated heterocycles. The molecule has 2 N–H and O–H groups in total. The highest BCUT2D eigenvalue weighted by atomic mass is 16.5. The lowest BCUT2D eigenvalue weighted by molar-refractivity contribution is -0.118. The van der Waals surface area contributed by atoms with E-state index in [9.17, 15) is 9.59 Å². The number of H-pyrrole nitrogens is 1. The Morgan fingerprint density at radius 1 is 1.50 bits per heavy atom. The molecule has 124 valence electrons. The van der Waals surface area contributed by atoms with E-state index in [1.807, 2.05) is 25.1 Å². The van der Waals surface area contributed by atoms with E-state index in [-0.39, 0.29) is 11.8 Å². The van der Waals surface area contributed by atoms with Crippen LogP contribution >= 0.6 is 0 Å². The van der Waals surface area contributed by atoms with Crippen molar-refractivity contribution in [1.29, 1.82) is 0 Å². The number of amides is 2. The van der Waals surface area contributed by atoms with E-state index in [4.69, 9.17) is 4.74 Å². The van der Waals surface area contributed by atoms with Gasteiger partial charge in [-0.15, -0.1) is 0 Å². The second-order valence-electron chi connectivity index (χ2n) is 6.13. The van der Waals surface area contributed by atoms with Crippen LogP contribution in [0.25, 0.3) is 0 Å². The molecule has 1 aliphatic heterocycles. The summed E-state index contributed by atoms with van der Waals surface area (Å²) in [5.74, 6) is 0.0973. The van der Waals surface area contributed by atoms with Gasteiger partial charge in [-0.05, 0) is 37.1 Å². The van der Waals surface area contributed by atoms with Crippen molar-refractivity contribution in [3.05, 3.63) is 42.0 Å². The number of aromatic nitrogens is 2. The Kier molecular flexibility index (Phi) is 3.13. The minimum absolute atomic E-state index is 0.00960. The third-order valence-corrected chi connectivity index (χ3v) is 5.02. The summed E-state index contributed by atoms with van der Waals surface area (Å²) in [6, 6.07) is 5.60. The topological polar surface area (TPSA) is 87.3 Å². The Balaban J connectivity index is 1.75. The zero-order valence-corrected chi connectivity index (χ0v) is 13.5. The molecule has 1 unspecified atom stereocenters. The van der Waals surface area contributed by atoms with Crippen molar-refractivity contribution in [3.63, 3.8) is 0 Å². The summed E-state index contributed by atoms with van der Waals surface area (Å²) in [6.07, 6.45) is 3.72. The Bertz CT molecular complexity index is 817. The van der Waals surface area contributed by atoms with Crippen LogP contribution in [0.1, 0.15) is 30.5 Å². The first-order chi connectivity index (χ1) is 11.6. The Morgan fingerprint density at radius 3 is 3.00 bits per heavy atom. The van der Waals surface area contributed by atoms with Crippen molar-refractivity contribution in [2.24, 2.45) is 0 Å². The number of hydrogen-bond donors (Lipinski definition) is 2. The van der Waals surface area contributed by atoms with Gasteiger partial charge in [0, 0.05) is 35.7 Å². The number of rotatable bonds is 3. The van der Waals surface area contributed by atoms with Crippen LogP contribution in [-0.4, -0.2) is 35.6 Å². The van der Waals surface area contributed by atoms with Crippen molar-refractivity contribution < 1.29 is 14.3 Å². The summed E-state index contributed by atoms with van der Waals surface area (Å²) in [5, 5.41) is 2.96. The highest BCUT2D eigenvalue weighted by molar-refractivity contribution is 6.10. The molecule has 1 aromatic heterocycles. The standard InChI is InChI=1S/C17H18N4O3/c1-3-21(16(23)24-2)10-4-5-13-11(6-10)17(15(22)20-13)7-12(17)14-8-18-9-19-14/h4-6,8-9,12H,3,7H2,1-2H3,(H,18,19)(H,20,22)/t12?,17-/m0/s1. The Morgan fingerprint density at radius 2 is 2.33 bits per heavy atom. The van der Waals surface area contributed by atoms with Gasteiger partial charge in [-0.25, -0.2) is 9.78 Å². The SMILES string of the molecule is CCN(C(=O)OC)c1ccc2c(c1)[C@]1(CC1c1cnc[nH]1)C(=O)N2. The van der Waals surface area contributed by atoms with Crippen LogP contribution in [0, 0.1) is 0 Å². The van der Waals surface area contributed by atoms with Crippen LogP contribution in [0.2, 0.25) is 0 Å². The summed E-state index contributed by atoms with van der Waals surface area (Å²) in [5.41, 5.74) is 2.88. The first-order valence-corrected chi connectivity index (χ1v) is 7.91. The van der Waals surface area contributed by atoms with Gasteiger partial charge < -0.3 is 15.0 Å². The van der Waals surface area contributed by atoms with Gasteiger partial charge in [-0.1, -0.05) is 0 Å². The van der Waals surface area contributed by atoms with Crippen LogP contribution in [0.5, 0.6) is 0 Å². The van der Waals surface area contributed by atoms with Crippen LogP contribution in [0.15, 0.2) is 30.7 Å². The van der Waals surface area contributed by atoms with Crippen molar-refractivity contribution >= 4 is 23.4 Å². The van der Waals surface area contributed by atoms with Gasteiger partial charge in [0.2, 0.25) is 5.91 Å². The minimum atomic E-state index is -0.562. The molecule has 2 aromatic rings. The molecule has 0 bridgehead atoms. The van der Waals surface area contributed by atoms with Gasteiger partial charge in [0.05, 0.1) is 18.9 Å². The normalized spacial score (nSPS) is 23.8. The van der Waals surface area contributed by atoms with Crippen molar-refractivity contribution in [2.75, 3.05) is 23.9 Å². The molecule has 1 aromatic carbocycles. The third kappa shape index (κ3) is 1.87. The lowest BCUT2D eigenvalue weighted by Gasteiger charge is -2.20. The van der Waals surface area contributed by atoms with Crippen LogP contribution in [0.4, 0.5) is 16.2 Å². The fourth-order valence-corrected chi connectivity index (χ4v) is 3.71. The number of anilines is 2. The molecule has 2 amide bonds. The monoisotopic (exact) mass is 326 g/mol. The molecule has 1 fully saturated rings. The predicted octanol–water partition coefficient (Wildman–Crippen LogP) is 2.38. The van der Waals surface area contributed by atoms with E-state index in [1.165, 1.54) is 7.11 Å². The molecule has 1 saturated carbocycles. The number of benzene rings is 1. The van der Waals surface area contributed by atoms with Crippen LogP contribution in [0.3, 0.4) is 0 Å². The van der Waals surface area contributed by atoms with Crippen molar-refractivity contribution in [2.45, 2.75) is 24.7 Å². The van der Waals surface area contributed by atoms with Gasteiger partial charge in [0.15, 0.2) is 0 Å². The number of methoxy groups -OCH3 is 1. The largest absolute Gasteiger partial charge is 0.452 e. The molecule has 1 aliphatic carbocycles. The maximum Gasteiger partial charge on any atom is 0.413 e. The molecule has 1 spiro atoms. The number of ether oxygens (including phenoxy) is 1. The molecule has 7 heteroatoms. The molecular weight excluding hydrogens is 308 g/mol. The minimum Gasteiger partial charge on any atom is -0.452 e. The second kappa shape index (κ2) is 5.09. The average Bonchev–Trinajstić information content (AvgIpc) is 2.98. The van der Waals surface area contributed by atoms with Gasteiger partial charge in [-0.2, -0.15) is 0 Å². The summed E-state index contributed by atoms with van der Waals surface area (Å²) in [4.78, 5) is 33.3. The smallest absolute Gasteiger partial charge is 0.413 e. The first kappa shape index (κ1) is 14.7. The van der Waals surface area contributed by atoms with E-state index >= 15 is 0 Å². The number of fused-ring (bicyclic) bond motifs is 2. The number of carbonyl (C=O) groups is 2. The maximum atomic E-state index is 12.6. The van der Waals surface area contributed by atoms with E-state index in [0.29, 0.717) is 6.54 Å². The van der Waals surface area contributed by atoms with E-state index in [0.717, 1.165) is 29.1 Å². The predicted molar refractivity (Wildman–Crippen MR) is 88.1 cm³/mol. The van der Waals surface area contributed by atoms with Crippen LogP contribution in [-0.2, 0) is 14.9 Å². The molecule has 2 atom stereocenters. The van der Waals surface area contributed by atoms with Crippen molar-refractivity contribution in [1.82, 2.24) is 9.97 Å². The molecule has 2 aliphatic rings. The number of hydrogen-bond acceptors (Lipinski definition) is 4. The third-order valence-electron chi connectivity index (χ3n) is 5.02. The van der Waals surface area contributed by atoms with Gasteiger partial charge in [-0.3, -0.25) is 9.69 Å². The summed E-state index contributed by atoms with van der Waals surface area (Å²) >= 11 is 0. The highest BCUT2D eigenvalue weighted by Gasteiger charge is 2.65. The van der Waals surface area contributed by atoms with Crippen LogP contribution < -0.4 is 10.2 Å².